The van der Waals surface area contributed by atoms with Crippen molar-refractivity contribution in [3.63, 3.8) is 0 Å². The van der Waals surface area contributed by atoms with Gasteiger partial charge in [0.1, 0.15) is 11.3 Å². The number of benzene rings is 3. The van der Waals surface area contributed by atoms with Crippen LogP contribution in [0.15, 0.2) is 85.2 Å². The van der Waals surface area contributed by atoms with Gasteiger partial charge in [-0.25, -0.2) is 15.0 Å². The van der Waals surface area contributed by atoms with Crippen LogP contribution in [0.25, 0.3) is 60.9 Å². The molecular formula is C31H18N4. The molecule has 0 amide bonds. The number of hydrogen-bond donors (Lipinski definition) is 0. The quantitative estimate of drug-likeness (QED) is 0.243. The first-order chi connectivity index (χ1) is 17.3. The number of imidazole rings is 1. The van der Waals surface area contributed by atoms with Crippen LogP contribution in [0.5, 0.6) is 0 Å². The zero-order valence-electron chi connectivity index (χ0n) is 18.8. The highest BCUT2D eigenvalue weighted by Gasteiger charge is 2.26. The summed E-state index contributed by atoms with van der Waals surface area (Å²) < 4.78 is 2.17. The molecule has 4 nitrogen and oxygen atoms in total. The Kier molecular flexibility index (Phi) is 3.11. The van der Waals surface area contributed by atoms with Crippen LogP contribution in [0.4, 0.5) is 0 Å². The first-order valence-corrected chi connectivity index (χ1v) is 12.0. The monoisotopic (exact) mass is 446 g/mol. The topological polar surface area (TPSA) is 43.1 Å². The molecule has 0 saturated heterocycles. The molecule has 7 aromatic rings. The standard InChI is InChI=1S/C31H18N4/c1-2-6-21-17(5-1)11-18-12-19-13-20-14-27-26(16-25(20)24(19)15-23(18)21)22-7-3-10-33-30(22)35-28-8-4-9-32-29(28)34-31(27)35/h1-10,12,14-16H,11,13H2. The minimum Gasteiger partial charge on any atom is -0.274 e. The predicted octanol–water partition coefficient (Wildman–Crippen LogP) is 6.73. The lowest BCUT2D eigenvalue weighted by atomic mass is 9.96. The third kappa shape index (κ3) is 2.20. The van der Waals surface area contributed by atoms with Gasteiger partial charge in [0.2, 0.25) is 0 Å². The Morgan fingerprint density at radius 3 is 2.29 bits per heavy atom. The smallest absolute Gasteiger partial charge is 0.178 e. The molecule has 0 atom stereocenters. The molecule has 0 radical (unpaired) electrons. The molecule has 162 valence electrons. The zero-order valence-corrected chi connectivity index (χ0v) is 18.8. The van der Waals surface area contributed by atoms with Gasteiger partial charge in [-0.1, -0.05) is 30.3 Å². The van der Waals surface area contributed by atoms with Gasteiger partial charge in [-0.3, -0.25) is 4.40 Å². The molecule has 9 rings (SSSR count). The van der Waals surface area contributed by atoms with Crippen molar-refractivity contribution in [1.82, 2.24) is 19.4 Å². The highest BCUT2D eigenvalue weighted by molar-refractivity contribution is 6.14. The fraction of sp³-hybridized carbons (Fsp3) is 0.0645. The molecule has 2 aliphatic carbocycles. The van der Waals surface area contributed by atoms with E-state index in [0.29, 0.717) is 0 Å². The maximum absolute atomic E-state index is 4.96. The van der Waals surface area contributed by atoms with E-state index in [9.17, 15) is 0 Å². The van der Waals surface area contributed by atoms with Crippen LogP contribution < -0.4 is 0 Å². The van der Waals surface area contributed by atoms with Gasteiger partial charge in [0, 0.05) is 23.2 Å². The Morgan fingerprint density at radius 2 is 1.31 bits per heavy atom. The molecule has 4 heterocycles. The Balaban J connectivity index is 1.39. The second kappa shape index (κ2) is 6.10. The van der Waals surface area contributed by atoms with E-state index >= 15 is 0 Å². The van der Waals surface area contributed by atoms with Gasteiger partial charge in [-0.2, -0.15) is 0 Å². The second-order valence-corrected chi connectivity index (χ2v) is 9.72. The van der Waals surface area contributed by atoms with Crippen LogP contribution in [0, 0.1) is 0 Å². The Bertz CT molecular complexity index is 2070. The number of aromatic nitrogens is 4. The normalized spacial score (nSPS) is 13.5. The molecule has 35 heavy (non-hydrogen) atoms. The predicted molar refractivity (Wildman–Crippen MR) is 140 cm³/mol. The number of hydrogen-bond acceptors (Lipinski definition) is 3. The van der Waals surface area contributed by atoms with Crippen molar-refractivity contribution >= 4 is 38.6 Å². The molecule has 0 bridgehead atoms. The van der Waals surface area contributed by atoms with Crippen LogP contribution in [-0.2, 0) is 12.8 Å². The molecule has 0 spiro atoms. The summed E-state index contributed by atoms with van der Waals surface area (Å²) in [6.45, 7) is 0. The summed E-state index contributed by atoms with van der Waals surface area (Å²) in [5, 5.41) is 3.50. The van der Waals surface area contributed by atoms with Crippen molar-refractivity contribution in [3.8, 4) is 22.3 Å². The third-order valence-electron chi connectivity index (χ3n) is 7.89. The van der Waals surface area contributed by atoms with Crippen LogP contribution in [0.3, 0.4) is 0 Å². The van der Waals surface area contributed by atoms with E-state index in [1.807, 2.05) is 18.3 Å². The van der Waals surface area contributed by atoms with Crippen LogP contribution in [0.2, 0.25) is 0 Å². The number of rotatable bonds is 0. The SMILES string of the molecule is c1ccc2c(c1)Cc1cc3c(cc1-2)-c1cc2c4cccnc4n4c5cccnc5nc4c2cc1C3. The van der Waals surface area contributed by atoms with Gasteiger partial charge in [0.05, 0.1) is 5.52 Å². The van der Waals surface area contributed by atoms with E-state index in [1.165, 1.54) is 49.9 Å². The molecule has 0 unspecified atom stereocenters. The van der Waals surface area contributed by atoms with Gasteiger partial charge >= 0.3 is 0 Å². The van der Waals surface area contributed by atoms with E-state index in [-0.39, 0.29) is 0 Å². The molecule has 2 aliphatic rings. The van der Waals surface area contributed by atoms with Crippen molar-refractivity contribution < 1.29 is 0 Å². The fourth-order valence-corrected chi connectivity index (χ4v) is 6.38. The summed E-state index contributed by atoms with van der Waals surface area (Å²) in [4.78, 5) is 14.3. The lowest BCUT2D eigenvalue weighted by Gasteiger charge is -2.11. The fourth-order valence-electron chi connectivity index (χ4n) is 6.38. The van der Waals surface area contributed by atoms with Crippen LogP contribution >= 0.6 is 0 Å². The molecule has 3 aromatic carbocycles. The summed E-state index contributed by atoms with van der Waals surface area (Å²) >= 11 is 0. The first-order valence-electron chi connectivity index (χ1n) is 12.0. The van der Waals surface area contributed by atoms with Gasteiger partial charge < -0.3 is 0 Å². The van der Waals surface area contributed by atoms with Crippen LogP contribution in [-0.4, -0.2) is 19.4 Å². The first kappa shape index (κ1) is 17.8. The highest BCUT2D eigenvalue weighted by Crippen LogP contribution is 2.46. The van der Waals surface area contributed by atoms with E-state index in [2.05, 4.69) is 70.0 Å². The van der Waals surface area contributed by atoms with Crippen molar-refractivity contribution in [3.05, 3.63) is 107 Å². The molecule has 4 heteroatoms. The van der Waals surface area contributed by atoms with E-state index < -0.39 is 0 Å². The van der Waals surface area contributed by atoms with E-state index in [4.69, 9.17) is 9.97 Å². The maximum Gasteiger partial charge on any atom is 0.178 e. The third-order valence-corrected chi connectivity index (χ3v) is 7.89. The largest absolute Gasteiger partial charge is 0.274 e. The summed E-state index contributed by atoms with van der Waals surface area (Å²) in [7, 11) is 0. The van der Waals surface area contributed by atoms with E-state index in [0.717, 1.165) is 46.1 Å². The minimum atomic E-state index is 0.755. The number of fused-ring (bicyclic) bond motifs is 14. The summed E-state index contributed by atoms with van der Waals surface area (Å²) in [6.07, 6.45) is 5.65. The molecule has 4 aromatic heterocycles. The lowest BCUT2D eigenvalue weighted by molar-refractivity contribution is 1.21. The number of pyridine rings is 3. The Morgan fingerprint density at radius 1 is 0.543 bits per heavy atom. The van der Waals surface area contributed by atoms with Crippen LogP contribution in [0.1, 0.15) is 22.3 Å². The van der Waals surface area contributed by atoms with E-state index in [1.54, 1.807) is 6.20 Å². The Labute approximate surface area is 200 Å². The lowest BCUT2D eigenvalue weighted by Crippen LogP contribution is -1.95. The highest BCUT2D eigenvalue weighted by atomic mass is 15.1. The second-order valence-electron chi connectivity index (χ2n) is 9.72. The van der Waals surface area contributed by atoms with Gasteiger partial charge in [0.25, 0.3) is 0 Å². The van der Waals surface area contributed by atoms with Gasteiger partial charge in [-0.05, 0) is 105 Å². The summed E-state index contributed by atoms with van der Waals surface area (Å²) in [6, 6.07) is 26.7. The summed E-state index contributed by atoms with van der Waals surface area (Å²) in [5.74, 6) is 0. The average molecular weight is 447 g/mol. The molecular weight excluding hydrogens is 428 g/mol. The zero-order chi connectivity index (χ0) is 22.7. The molecule has 0 fully saturated rings. The number of nitrogens with zero attached hydrogens (tertiary/aromatic N) is 4. The molecule has 0 N–H and O–H groups in total. The van der Waals surface area contributed by atoms with Crippen molar-refractivity contribution in [2.24, 2.45) is 0 Å². The van der Waals surface area contributed by atoms with Gasteiger partial charge in [0.15, 0.2) is 5.65 Å². The minimum absolute atomic E-state index is 0.755. The molecule has 0 aliphatic heterocycles. The maximum atomic E-state index is 4.96. The summed E-state index contributed by atoms with van der Waals surface area (Å²) in [5.41, 5.74) is 14.7. The van der Waals surface area contributed by atoms with Crippen molar-refractivity contribution in [1.29, 1.82) is 0 Å². The van der Waals surface area contributed by atoms with Gasteiger partial charge in [-0.15, -0.1) is 0 Å². The molecule has 0 saturated carbocycles. The van der Waals surface area contributed by atoms with Crippen molar-refractivity contribution in [2.45, 2.75) is 12.8 Å². The Hall–Kier alpha value is -4.57. The van der Waals surface area contributed by atoms with Crippen molar-refractivity contribution in [2.75, 3.05) is 0 Å². The average Bonchev–Trinajstić information content (AvgIpc) is 3.57.